The molecule has 26 heavy (non-hydrogen) atoms. The highest BCUT2D eigenvalue weighted by atomic mass is 16.2. The van der Waals surface area contributed by atoms with Crippen LogP contribution in [0.1, 0.15) is 48.8 Å². The molecule has 1 aromatic heterocycles. The molecular formula is C21H27N3O2. The van der Waals surface area contributed by atoms with Crippen molar-refractivity contribution in [2.45, 2.75) is 47.1 Å². The van der Waals surface area contributed by atoms with Crippen molar-refractivity contribution in [2.24, 2.45) is 5.41 Å². The van der Waals surface area contributed by atoms with Gasteiger partial charge in [0.15, 0.2) is 0 Å². The Kier molecular flexibility index (Phi) is 4.74. The molecule has 1 aliphatic rings. The minimum Gasteiger partial charge on any atom is -0.347 e. The minimum atomic E-state index is -0.159. The van der Waals surface area contributed by atoms with Gasteiger partial charge in [0, 0.05) is 24.9 Å². The van der Waals surface area contributed by atoms with E-state index < -0.39 is 0 Å². The van der Waals surface area contributed by atoms with Crippen LogP contribution in [0.25, 0.3) is 10.9 Å². The fourth-order valence-corrected chi connectivity index (χ4v) is 3.48. The van der Waals surface area contributed by atoms with E-state index in [-0.39, 0.29) is 23.3 Å². The molecule has 0 bridgehead atoms. The van der Waals surface area contributed by atoms with E-state index >= 15 is 0 Å². The summed E-state index contributed by atoms with van der Waals surface area (Å²) in [5, 5.41) is 3.98. The maximum atomic E-state index is 12.8. The van der Waals surface area contributed by atoms with Crippen LogP contribution in [0.4, 0.5) is 0 Å². The smallest absolute Gasteiger partial charge is 0.253 e. The number of benzene rings is 1. The normalized spacial score (nSPS) is 17.8. The quantitative estimate of drug-likeness (QED) is 0.921. The van der Waals surface area contributed by atoms with Gasteiger partial charge < -0.3 is 10.2 Å². The van der Waals surface area contributed by atoms with E-state index in [0.29, 0.717) is 30.8 Å². The van der Waals surface area contributed by atoms with E-state index in [1.54, 1.807) is 0 Å². The van der Waals surface area contributed by atoms with Gasteiger partial charge in [-0.1, -0.05) is 32.4 Å². The fraction of sp³-hybridized carbons (Fsp3) is 0.476. The minimum absolute atomic E-state index is 0.0469. The standard InChI is InChI=1S/C21H27N3O2/c1-13-6-7-18-15(8-13)9-17(14(2)22-18)20(26)23-16-10-19(25)24(11-16)12-21(3,4)5/h6-9,16H,10-12H2,1-5H3,(H,23,26)/t16-/m1/s1. The first-order valence-corrected chi connectivity index (χ1v) is 9.09. The number of aryl methyl sites for hydroxylation is 2. The van der Waals surface area contributed by atoms with Crippen molar-refractivity contribution in [3.8, 4) is 0 Å². The highest BCUT2D eigenvalue weighted by molar-refractivity contribution is 5.99. The van der Waals surface area contributed by atoms with E-state index in [9.17, 15) is 9.59 Å². The molecule has 138 valence electrons. The molecule has 3 rings (SSSR count). The van der Waals surface area contributed by atoms with Crippen LogP contribution >= 0.6 is 0 Å². The van der Waals surface area contributed by atoms with E-state index in [1.165, 1.54) is 0 Å². The van der Waals surface area contributed by atoms with Crippen molar-refractivity contribution in [1.82, 2.24) is 15.2 Å². The van der Waals surface area contributed by atoms with Crippen LogP contribution < -0.4 is 5.32 Å². The van der Waals surface area contributed by atoms with Crippen molar-refractivity contribution < 1.29 is 9.59 Å². The van der Waals surface area contributed by atoms with Crippen LogP contribution in [0.2, 0.25) is 0 Å². The molecule has 0 spiro atoms. The molecule has 1 atom stereocenters. The molecule has 2 aromatic rings. The van der Waals surface area contributed by atoms with E-state index in [2.05, 4.69) is 31.1 Å². The molecule has 0 aliphatic carbocycles. The first kappa shape index (κ1) is 18.4. The molecule has 2 heterocycles. The molecule has 5 nitrogen and oxygen atoms in total. The number of hydrogen-bond acceptors (Lipinski definition) is 3. The maximum Gasteiger partial charge on any atom is 0.253 e. The van der Waals surface area contributed by atoms with E-state index in [1.807, 2.05) is 43.0 Å². The summed E-state index contributed by atoms with van der Waals surface area (Å²) in [6.45, 7) is 11.5. The Morgan fingerprint density at radius 2 is 2.00 bits per heavy atom. The van der Waals surface area contributed by atoms with Gasteiger partial charge in [-0.15, -0.1) is 0 Å². The Balaban J connectivity index is 1.75. The average molecular weight is 353 g/mol. The van der Waals surface area contributed by atoms with Gasteiger partial charge in [0.25, 0.3) is 5.91 Å². The van der Waals surface area contributed by atoms with Crippen LogP contribution in [0, 0.1) is 19.3 Å². The van der Waals surface area contributed by atoms with Gasteiger partial charge in [-0.2, -0.15) is 0 Å². The van der Waals surface area contributed by atoms with Crippen molar-refractivity contribution in [3.63, 3.8) is 0 Å². The zero-order valence-corrected chi connectivity index (χ0v) is 16.2. The van der Waals surface area contributed by atoms with Crippen molar-refractivity contribution in [3.05, 3.63) is 41.1 Å². The lowest BCUT2D eigenvalue weighted by atomic mass is 9.96. The molecular weight excluding hydrogens is 326 g/mol. The second kappa shape index (κ2) is 6.71. The summed E-state index contributed by atoms with van der Waals surface area (Å²) in [4.78, 5) is 31.4. The van der Waals surface area contributed by atoms with Crippen LogP contribution in [0.3, 0.4) is 0 Å². The number of likely N-dealkylation sites (tertiary alicyclic amines) is 1. The molecule has 1 N–H and O–H groups in total. The first-order chi connectivity index (χ1) is 12.1. The Morgan fingerprint density at radius 3 is 2.69 bits per heavy atom. The van der Waals surface area contributed by atoms with Crippen molar-refractivity contribution in [1.29, 1.82) is 0 Å². The van der Waals surface area contributed by atoms with Crippen molar-refractivity contribution in [2.75, 3.05) is 13.1 Å². The summed E-state index contributed by atoms with van der Waals surface area (Å²) in [5.74, 6) is -0.0528. The lowest BCUT2D eigenvalue weighted by Crippen LogP contribution is -2.39. The van der Waals surface area contributed by atoms with Crippen molar-refractivity contribution >= 4 is 22.7 Å². The van der Waals surface area contributed by atoms with Gasteiger partial charge in [-0.25, -0.2) is 0 Å². The summed E-state index contributed by atoms with van der Waals surface area (Å²) in [7, 11) is 0. The SMILES string of the molecule is Cc1ccc2nc(C)c(C(=O)N[C@@H]3CC(=O)N(CC(C)(C)C)C3)cc2c1. The predicted octanol–water partition coefficient (Wildman–Crippen LogP) is 3.23. The Morgan fingerprint density at radius 1 is 1.27 bits per heavy atom. The van der Waals surface area contributed by atoms with Gasteiger partial charge in [0.1, 0.15) is 0 Å². The third-order valence-electron chi connectivity index (χ3n) is 4.62. The summed E-state index contributed by atoms with van der Waals surface area (Å²) >= 11 is 0. The number of aromatic nitrogens is 1. The number of rotatable bonds is 3. The van der Waals surface area contributed by atoms with Gasteiger partial charge >= 0.3 is 0 Å². The number of pyridine rings is 1. The van der Waals surface area contributed by atoms with Crippen LogP contribution in [-0.4, -0.2) is 40.8 Å². The average Bonchev–Trinajstić information content (AvgIpc) is 2.84. The summed E-state index contributed by atoms with van der Waals surface area (Å²) < 4.78 is 0. The van der Waals surface area contributed by atoms with Gasteiger partial charge in [0.05, 0.1) is 22.8 Å². The topological polar surface area (TPSA) is 62.3 Å². The molecule has 5 heteroatoms. The van der Waals surface area contributed by atoms with E-state index in [4.69, 9.17) is 0 Å². The highest BCUT2D eigenvalue weighted by Gasteiger charge is 2.33. The van der Waals surface area contributed by atoms with Gasteiger partial charge in [-0.3, -0.25) is 14.6 Å². The molecule has 2 amide bonds. The maximum absolute atomic E-state index is 12.8. The lowest BCUT2D eigenvalue weighted by Gasteiger charge is -2.26. The zero-order valence-electron chi connectivity index (χ0n) is 16.2. The van der Waals surface area contributed by atoms with Crippen LogP contribution in [0.5, 0.6) is 0 Å². The molecule has 0 unspecified atom stereocenters. The predicted molar refractivity (Wildman–Crippen MR) is 103 cm³/mol. The summed E-state index contributed by atoms with van der Waals surface area (Å²) in [6, 6.07) is 7.76. The Hall–Kier alpha value is -2.43. The Bertz CT molecular complexity index is 867. The van der Waals surface area contributed by atoms with Gasteiger partial charge in [0.2, 0.25) is 5.91 Å². The van der Waals surface area contributed by atoms with E-state index in [0.717, 1.165) is 16.5 Å². The number of amides is 2. The third kappa shape index (κ3) is 4.03. The molecule has 1 fully saturated rings. The number of nitrogens with one attached hydrogen (secondary N) is 1. The first-order valence-electron chi connectivity index (χ1n) is 9.09. The monoisotopic (exact) mass is 353 g/mol. The number of hydrogen-bond donors (Lipinski definition) is 1. The highest BCUT2D eigenvalue weighted by Crippen LogP contribution is 2.22. The van der Waals surface area contributed by atoms with Gasteiger partial charge in [-0.05, 0) is 37.5 Å². The Labute approximate surface area is 154 Å². The fourth-order valence-electron chi connectivity index (χ4n) is 3.48. The lowest BCUT2D eigenvalue weighted by molar-refractivity contribution is -0.128. The largest absolute Gasteiger partial charge is 0.347 e. The third-order valence-corrected chi connectivity index (χ3v) is 4.62. The molecule has 0 saturated carbocycles. The number of carbonyl (C=O) groups is 2. The number of fused-ring (bicyclic) bond motifs is 1. The molecule has 1 aliphatic heterocycles. The molecule has 1 saturated heterocycles. The summed E-state index contributed by atoms with van der Waals surface area (Å²) in [5.41, 5.74) is 3.34. The summed E-state index contributed by atoms with van der Waals surface area (Å²) in [6.07, 6.45) is 0.362. The number of nitrogens with zero attached hydrogens (tertiary/aromatic N) is 2. The van der Waals surface area contributed by atoms with Crippen LogP contribution in [-0.2, 0) is 4.79 Å². The molecule has 0 radical (unpaired) electrons. The number of carbonyl (C=O) groups excluding carboxylic acids is 2. The molecule has 1 aromatic carbocycles. The van der Waals surface area contributed by atoms with Crippen LogP contribution in [0.15, 0.2) is 24.3 Å². The second-order valence-corrected chi connectivity index (χ2v) is 8.53. The second-order valence-electron chi connectivity index (χ2n) is 8.53. The zero-order chi connectivity index (χ0) is 19.1.